The Balaban J connectivity index is 2.30. The van der Waals surface area contributed by atoms with E-state index in [9.17, 15) is 0 Å². The number of unbranched alkanes of at least 4 members (excludes halogenated alkanes) is 1. The zero-order chi connectivity index (χ0) is 7.40. The third-order valence-corrected chi connectivity index (χ3v) is 1.78. The van der Waals surface area contributed by atoms with E-state index in [0.717, 1.165) is 0 Å². The molecule has 0 fully saturated rings. The Hall–Kier alpha value is -0.590. The van der Waals surface area contributed by atoms with Crippen LogP contribution in [0.3, 0.4) is 0 Å². The minimum atomic E-state index is 0.650. The van der Waals surface area contributed by atoms with Gasteiger partial charge in [-0.3, -0.25) is 0 Å². The molecule has 0 radical (unpaired) electrons. The molecule has 1 atom stereocenters. The van der Waals surface area contributed by atoms with E-state index in [1.165, 1.54) is 19.4 Å². The monoisotopic (exact) mass is 138 g/mol. The molecule has 1 heteroatoms. The summed E-state index contributed by atoms with van der Waals surface area (Å²) >= 11 is 0. The maximum atomic E-state index is 2.29. The Morgan fingerprint density at radius 2 is 2.30 bits per heavy atom. The van der Waals surface area contributed by atoms with E-state index in [2.05, 4.69) is 36.9 Å². The quantitative estimate of drug-likeness (QED) is 0.525. The lowest BCUT2D eigenvalue weighted by molar-refractivity contribution is -0.450. The van der Waals surface area contributed by atoms with Gasteiger partial charge in [-0.1, -0.05) is 13.3 Å². The molecule has 56 valence electrons. The molecule has 0 saturated heterocycles. The highest BCUT2D eigenvalue weighted by Crippen LogP contribution is 2.02. The molecule has 0 saturated carbocycles. The first-order valence-corrected chi connectivity index (χ1v) is 4.12. The number of hydrogen-bond acceptors (Lipinski definition) is 0. The first-order chi connectivity index (χ1) is 4.83. The maximum Gasteiger partial charge on any atom is 0.165 e. The highest BCUT2D eigenvalue weighted by molar-refractivity contribution is 5.59. The third kappa shape index (κ3) is 1.98. The van der Waals surface area contributed by atoms with Gasteiger partial charge in [0.2, 0.25) is 0 Å². The van der Waals surface area contributed by atoms with E-state index >= 15 is 0 Å². The minimum absolute atomic E-state index is 0.650. The van der Waals surface area contributed by atoms with E-state index in [0.29, 0.717) is 5.92 Å². The molecule has 1 aliphatic rings. The second-order valence-corrected chi connectivity index (χ2v) is 2.94. The lowest BCUT2D eigenvalue weighted by Gasteiger charge is -1.90. The van der Waals surface area contributed by atoms with Gasteiger partial charge < -0.3 is 0 Å². The number of rotatable bonds is 3. The molecule has 0 spiro atoms. The van der Waals surface area contributed by atoms with Gasteiger partial charge in [0.05, 0.1) is 5.92 Å². The average molecular weight is 138 g/mol. The molecule has 10 heavy (non-hydrogen) atoms. The summed E-state index contributed by atoms with van der Waals surface area (Å²) in [6, 6.07) is 0. The predicted molar refractivity (Wildman–Crippen MR) is 44.4 cm³/mol. The topological polar surface area (TPSA) is 3.01 Å². The zero-order valence-electron chi connectivity index (χ0n) is 6.88. The van der Waals surface area contributed by atoms with Gasteiger partial charge in [0.25, 0.3) is 0 Å². The molecule has 0 aromatic heterocycles. The van der Waals surface area contributed by atoms with Crippen molar-refractivity contribution < 1.29 is 4.58 Å². The van der Waals surface area contributed by atoms with Gasteiger partial charge in [-0.25, -0.2) is 4.58 Å². The third-order valence-electron chi connectivity index (χ3n) is 1.78. The summed E-state index contributed by atoms with van der Waals surface area (Å²) in [4.78, 5) is 0. The largest absolute Gasteiger partial charge is 0.209 e. The lowest BCUT2D eigenvalue weighted by Crippen LogP contribution is -2.05. The van der Waals surface area contributed by atoms with Crippen LogP contribution in [0.1, 0.15) is 26.7 Å². The van der Waals surface area contributed by atoms with Crippen molar-refractivity contribution in [2.75, 3.05) is 6.54 Å². The first kappa shape index (κ1) is 7.52. The number of hydrogen-bond donors (Lipinski definition) is 0. The summed E-state index contributed by atoms with van der Waals surface area (Å²) in [7, 11) is 0. The Morgan fingerprint density at radius 3 is 2.80 bits per heavy atom. The van der Waals surface area contributed by atoms with Crippen LogP contribution in [-0.2, 0) is 0 Å². The van der Waals surface area contributed by atoms with Crippen molar-refractivity contribution in [3.05, 3.63) is 12.3 Å². The summed E-state index contributed by atoms with van der Waals surface area (Å²) in [5.41, 5.74) is 0. The van der Waals surface area contributed by atoms with Crippen LogP contribution in [0.25, 0.3) is 0 Å². The standard InChI is InChI=1S/C9H16N/c1-3-4-6-10-7-5-9(2)8-10/h5,7-9H,3-4,6H2,1-2H3/q+1. The van der Waals surface area contributed by atoms with Crippen molar-refractivity contribution in [3.8, 4) is 0 Å². The summed E-state index contributed by atoms with van der Waals surface area (Å²) in [5, 5.41) is 0. The molecular formula is C9H16N+. The smallest absolute Gasteiger partial charge is 0.165 e. The fourth-order valence-electron chi connectivity index (χ4n) is 1.14. The zero-order valence-corrected chi connectivity index (χ0v) is 6.88. The minimum Gasteiger partial charge on any atom is -0.209 e. The van der Waals surface area contributed by atoms with Crippen LogP contribution in [0.4, 0.5) is 0 Å². The molecule has 0 amide bonds. The van der Waals surface area contributed by atoms with Crippen LogP contribution in [0.5, 0.6) is 0 Å². The van der Waals surface area contributed by atoms with Gasteiger partial charge in [0.1, 0.15) is 6.54 Å². The van der Waals surface area contributed by atoms with Gasteiger partial charge >= 0.3 is 0 Å². The Bertz CT molecular complexity index is 156. The summed E-state index contributed by atoms with van der Waals surface area (Å²) < 4.78 is 2.29. The van der Waals surface area contributed by atoms with Crippen molar-refractivity contribution in [2.45, 2.75) is 26.7 Å². The van der Waals surface area contributed by atoms with Crippen LogP contribution >= 0.6 is 0 Å². The number of allylic oxidation sites excluding steroid dienone is 1. The van der Waals surface area contributed by atoms with Crippen LogP contribution < -0.4 is 0 Å². The van der Waals surface area contributed by atoms with E-state index in [1.54, 1.807) is 0 Å². The highest BCUT2D eigenvalue weighted by Gasteiger charge is 2.09. The van der Waals surface area contributed by atoms with Gasteiger partial charge in [0, 0.05) is 6.42 Å². The highest BCUT2D eigenvalue weighted by atomic mass is 15.0. The van der Waals surface area contributed by atoms with Crippen LogP contribution in [-0.4, -0.2) is 17.3 Å². The van der Waals surface area contributed by atoms with E-state index in [4.69, 9.17) is 0 Å². The van der Waals surface area contributed by atoms with Crippen LogP contribution in [0.15, 0.2) is 12.3 Å². The molecule has 0 bridgehead atoms. The van der Waals surface area contributed by atoms with Crippen molar-refractivity contribution in [1.29, 1.82) is 0 Å². The van der Waals surface area contributed by atoms with Gasteiger partial charge in [-0.05, 0) is 13.0 Å². The fraction of sp³-hybridized carbons (Fsp3) is 0.667. The second-order valence-electron chi connectivity index (χ2n) is 2.94. The van der Waals surface area contributed by atoms with Gasteiger partial charge in [-0.2, -0.15) is 0 Å². The Kier molecular flexibility index (Phi) is 2.67. The van der Waals surface area contributed by atoms with Crippen LogP contribution in [0.2, 0.25) is 0 Å². The molecule has 1 nitrogen and oxygen atoms in total. The number of nitrogens with zero attached hydrogens (tertiary/aromatic N) is 1. The molecule has 1 heterocycles. The summed E-state index contributed by atoms with van der Waals surface area (Å²) in [6.07, 6.45) is 9.27. The summed E-state index contributed by atoms with van der Waals surface area (Å²) in [6.45, 7) is 5.63. The Morgan fingerprint density at radius 1 is 1.50 bits per heavy atom. The fourth-order valence-corrected chi connectivity index (χ4v) is 1.14. The van der Waals surface area contributed by atoms with Gasteiger partial charge in [-0.15, -0.1) is 0 Å². The van der Waals surface area contributed by atoms with E-state index < -0.39 is 0 Å². The SMILES string of the molecule is CCCC[N+]1=CC(C)C=C1. The first-order valence-electron chi connectivity index (χ1n) is 4.12. The maximum absolute atomic E-state index is 2.29. The normalized spacial score (nSPS) is 23.4. The molecular weight excluding hydrogens is 122 g/mol. The van der Waals surface area contributed by atoms with Crippen LogP contribution in [0, 0.1) is 5.92 Å². The van der Waals surface area contributed by atoms with E-state index in [-0.39, 0.29) is 0 Å². The van der Waals surface area contributed by atoms with E-state index in [1.807, 2.05) is 0 Å². The molecule has 0 N–H and O–H groups in total. The van der Waals surface area contributed by atoms with Crippen molar-refractivity contribution >= 4 is 6.21 Å². The molecule has 1 rings (SSSR count). The molecule has 0 aromatic carbocycles. The average Bonchev–Trinajstić information content (AvgIpc) is 2.31. The van der Waals surface area contributed by atoms with Crippen molar-refractivity contribution in [3.63, 3.8) is 0 Å². The van der Waals surface area contributed by atoms with Gasteiger partial charge in [0.15, 0.2) is 12.4 Å². The molecule has 1 aliphatic heterocycles. The summed E-state index contributed by atoms with van der Waals surface area (Å²) in [5.74, 6) is 0.650. The molecule has 0 aliphatic carbocycles. The Labute approximate surface area is 63.1 Å². The van der Waals surface area contributed by atoms with Crippen molar-refractivity contribution in [1.82, 2.24) is 0 Å². The van der Waals surface area contributed by atoms with Crippen molar-refractivity contribution in [2.24, 2.45) is 5.92 Å². The molecule has 0 aromatic rings. The second kappa shape index (κ2) is 3.55. The lowest BCUT2D eigenvalue weighted by atomic mass is 10.2. The molecule has 1 unspecified atom stereocenters. The predicted octanol–water partition coefficient (Wildman–Crippen LogP) is 2.03.